The van der Waals surface area contributed by atoms with Crippen molar-refractivity contribution in [3.63, 3.8) is 0 Å². The minimum Gasteiger partial charge on any atom is -0.260 e. The third kappa shape index (κ3) is 4.42. The van der Waals surface area contributed by atoms with Crippen LogP contribution in [-0.4, -0.2) is 30.7 Å². The van der Waals surface area contributed by atoms with Gasteiger partial charge in [-0.1, -0.05) is 0 Å². The van der Waals surface area contributed by atoms with Crippen LogP contribution in [0, 0.1) is 18.3 Å². The summed E-state index contributed by atoms with van der Waals surface area (Å²) in [6.45, 7) is 3.34. The van der Waals surface area contributed by atoms with Gasteiger partial charge < -0.3 is 0 Å². The Balaban J connectivity index is 2.98. The maximum atomic E-state index is 12.1. The van der Waals surface area contributed by atoms with Gasteiger partial charge in [-0.25, -0.2) is 13.1 Å². The first-order valence-electron chi connectivity index (χ1n) is 5.59. The summed E-state index contributed by atoms with van der Waals surface area (Å²) in [5.74, 6) is 0.258. The van der Waals surface area contributed by atoms with E-state index in [1.54, 1.807) is 13.8 Å². The summed E-state index contributed by atoms with van der Waals surface area (Å²) in [6, 6.07) is 5.90. The summed E-state index contributed by atoms with van der Waals surface area (Å²) in [5.41, 5.74) is 1.05. The van der Waals surface area contributed by atoms with E-state index < -0.39 is 26.9 Å². The number of nitriles is 1. The Bertz CT molecular complexity index is 633. The lowest BCUT2D eigenvalue weighted by Gasteiger charge is -2.13. The monoisotopic (exact) mass is 300 g/mol. The maximum Gasteiger partial charge on any atom is 0.240 e. The van der Waals surface area contributed by atoms with E-state index in [-0.39, 0.29) is 10.6 Å². The van der Waals surface area contributed by atoms with E-state index in [0.717, 1.165) is 0 Å². The third-order valence-corrected chi connectivity index (χ3v) is 5.03. The average Bonchev–Trinajstić information content (AvgIpc) is 2.26. The van der Waals surface area contributed by atoms with Gasteiger partial charge in [0, 0.05) is 28.9 Å². The highest BCUT2D eigenvalue weighted by Crippen LogP contribution is 2.15. The van der Waals surface area contributed by atoms with Crippen LogP contribution in [0.3, 0.4) is 0 Å². The summed E-state index contributed by atoms with van der Waals surface area (Å²) in [6.07, 6.45) is 1.52. The van der Waals surface area contributed by atoms with E-state index in [9.17, 15) is 12.6 Å². The molecule has 0 aliphatic carbocycles. The summed E-state index contributed by atoms with van der Waals surface area (Å²) in [5, 5.41) is 8.81. The SMILES string of the molecule is Cc1cc(S(=O)(=O)NC(C)CS(C)=O)ccc1C#N. The largest absolute Gasteiger partial charge is 0.260 e. The molecular formula is C12H16N2O3S2. The molecule has 2 unspecified atom stereocenters. The highest BCUT2D eigenvalue weighted by atomic mass is 32.2. The third-order valence-electron chi connectivity index (χ3n) is 2.47. The second-order valence-electron chi connectivity index (χ2n) is 4.35. The van der Waals surface area contributed by atoms with E-state index >= 15 is 0 Å². The smallest absolute Gasteiger partial charge is 0.240 e. The predicted octanol–water partition coefficient (Wildman–Crippen LogP) is 0.912. The Morgan fingerprint density at radius 3 is 2.58 bits per heavy atom. The minimum atomic E-state index is -3.65. The van der Waals surface area contributed by atoms with E-state index in [0.29, 0.717) is 11.1 Å². The number of benzene rings is 1. The summed E-state index contributed by atoms with van der Waals surface area (Å²) >= 11 is 0. The molecule has 0 saturated carbocycles. The fourth-order valence-electron chi connectivity index (χ4n) is 1.65. The van der Waals surface area contributed by atoms with E-state index in [2.05, 4.69) is 4.72 Å². The van der Waals surface area contributed by atoms with Crippen LogP contribution in [-0.2, 0) is 20.8 Å². The standard InChI is InChI=1S/C12H16N2O3S2/c1-9-6-12(5-4-11(9)7-13)19(16,17)14-10(2)8-18(3)15/h4-6,10,14H,8H2,1-3H3. The zero-order valence-electron chi connectivity index (χ0n) is 11.0. The van der Waals surface area contributed by atoms with Crippen molar-refractivity contribution >= 4 is 20.8 Å². The molecule has 0 radical (unpaired) electrons. The van der Waals surface area contributed by atoms with E-state index in [1.165, 1.54) is 24.5 Å². The first kappa shape index (κ1) is 15.8. The van der Waals surface area contributed by atoms with Crippen LogP contribution in [0.1, 0.15) is 18.1 Å². The number of sulfonamides is 1. The van der Waals surface area contributed by atoms with Crippen LogP contribution < -0.4 is 4.72 Å². The van der Waals surface area contributed by atoms with Gasteiger partial charge in [-0.15, -0.1) is 0 Å². The first-order valence-corrected chi connectivity index (χ1v) is 8.80. The molecule has 0 fully saturated rings. The Kier molecular flexibility index (Phi) is 5.23. The van der Waals surface area contributed by atoms with Crippen molar-refractivity contribution in [2.75, 3.05) is 12.0 Å². The number of nitrogens with zero attached hydrogens (tertiary/aromatic N) is 1. The topological polar surface area (TPSA) is 87.0 Å². The van der Waals surface area contributed by atoms with Gasteiger partial charge >= 0.3 is 0 Å². The second-order valence-corrected chi connectivity index (χ2v) is 7.54. The highest BCUT2D eigenvalue weighted by Gasteiger charge is 2.18. The average molecular weight is 300 g/mol. The molecule has 0 amide bonds. The summed E-state index contributed by atoms with van der Waals surface area (Å²) < 4.78 is 37.7. The van der Waals surface area contributed by atoms with Crippen LogP contribution >= 0.6 is 0 Å². The predicted molar refractivity (Wildman–Crippen MR) is 74.6 cm³/mol. The van der Waals surface area contributed by atoms with Crippen LogP contribution in [0.5, 0.6) is 0 Å². The molecule has 5 nitrogen and oxygen atoms in total. The molecule has 0 saturated heterocycles. The molecule has 7 heteroatoms. The van der Waals surface area contributed by atoms with Gasteiger partial charge in [-0.05, 0) is 37.6 Å². The maximum absolute atomic E-state index is 12.1. The zero-order chi connectivity index (χ0) is 14.6. The molecule has 104 valence electrons. The van der Waals surface area contributed by atoms with Crippen LogP contribution in [0.15, 0.2) is 23.1 Å². The molecule has 2 atom stereocenters. The fourth-order valence-corrected chi connectivity index (χ4v) is 3.87. The number of hydrogen-bond acceptors (Lipinski definition) is 4. The number of hydrogen-bond donors (Lipinski definition) is 1. The van der Waals surface area contributed by atoms with Crippen molar-refractivity contribution in [1.29, 1.82) is 5.26 Å². The molecule has 1 aromatic carbocycles. The Hall–Kier alpha value is -1.23. The molecule has 1 N–H and O–H groups in total. The fraction of sp³-hybridized carbons (Fsp3) is 0.417. The number of rotatable bonds is 5. The number of nitrogens with one attached hydrogen (secondary N) is 1. The van der Waals surface area contributed by atoms with Gasteiger partial charge in [-0.3, -0.25) is 4.21 Å². The van der Waals surface area contributed by atoms with Gasteiger partial charge in [0.15, 0.2) is 0 Å². The van der Waals surface area contributed by atoms with Crippen LogP contribution in [0.25, 0.3) is 0 Å². The lowest BCUT2D eigenvalue weighted by atomic mass is 10.1. The molecule has 1 aromatic rings. The Morgan fingerprint density at radius 1 is 1.47 bits per heavy atom. The molecule has 0 aliphatic rings. The van der Waals surface area contributed by atoms with Crippen molar-refractivity contribution in [2.45, 2.75) is 24.8 Å². The van der Waals surface area contributed by atoms with Gasteiger partial charge in [0.2, 0.25) is 10.0 Å². The van der Waals surface area contributed by atoms with Gasteiger partial charge in [0.25, 0.3) is 0 Å². The lowest BCUT2D eigenvalue weighted by Crippen LogP contribution is -2.36. The van der Waals surface area contributed by atoms with E-state index in [4.69, 9.17) is 5.26 Å². The Morgan fingerprint density at radius 2 is 2.11 bits per heavy atom. The molecule has 0 heterocycles. The molecule has 0 aliphatic heterocycles. The molecule has 1 rings (SSSR count). The normalized spacial score (nSPS) is 14.6. The van der Waals surface area contributed by atoms with Gasteiger partial charge in [0.1, 0.15) is 0 Å². The summed E-state index contributed by atoms with van der Waals surface area (Å²) in [4.78, 5) is 0.109. The van der Waals surface area contributed by atoms with Crippen molar-refractivity contribution in [3.8, 4) is 6.07 Å². The zero-order valence-corrected chi connectivity index (χ0v) is 12.6. The second kappa shape index (κ2) is 6.28. The van der Waals surface area contributed by atoms with Crippen molar-refractivity contribution in [1.82, 2.24) is 4.72 Å². The quantitative estimate of drug-likeness (QED) is 0.875. The van der Waals surface area contributed by atoms with Crippen molar-refractivity contribution < 1.29 is 12.6 Å². The highest BCUT2D eigenvalue weighted by molar-refractivity contribution is 7.89. The molecule has 0 bridgehead atoms. The van der Waals surface area contributed by atoms with Crippen LogP contribution in [0.4, 0.5) is 0 Å². The van der Waals surface area contributed by atoms with Crippen molar-refractivity contribution in [3.05, 3.63) is 29.3 Å². The molecule has 0 spiro atoms. The molecule has 19 heavy (non-hydrogen) atoms. The molecular weight excluding hydrogens is 284 g/mol. The van der Waals surface area contributed by atoms with Gasteiger partial charge in [0.05, 0.1) is 16.5 Å². The van der Waals surface area contributed by atoms with Crippen molar-refractivity contribution in [2.24, 2.45) is 0 Å². The van der Waals surface area contributed by atoms with E-state index in [1.807, 2.05) is 6.07 Å². The molecule has 0 aromatic heterocycles. The minimum absolute atomic E-state index is 0.109. The van der Waals surface area contributed by atoms with Gasteiger partial charge in [-0.2, -0.15) is 5.26 Å². The summed E-state index contributed by atoms with van der Waals surface area (Å²) in [7, 11) is -4.71. The lowest BCUT2D eigenvalue weighted by molar-refractivity contribution is 0.570. The number of aryl methyl sites for hydroxylation is 1. The van der Waals surface area contributed by atoms with Crippen LogP contribution in [0.2, 0.25) is 0 Å². The first-order chi connectivity index (χ1) is 8.76. The Labute approximate surface area is 116 Å².